The average Bonchev–Trinajstić information content (AvgIpc) is 2.71. The maximum Gasteiger partial charge on any atom is 0.163 e. The average molecular weight is 435 g/mol. The van der Waals surface area contributed by atoms with E-state index in [1.807, 2.05) is 31.3 Å². The second-order valence-electron chi connectivity index (χ2n) is 6.31. The Morgan fingerprint density at radius 2 is 1.76 bits per heavy atom. The molecule has 1 N–H and O–H groups in total. The molecule has 7 heteroatoms. The molecule has 29 heavy (non-hydrogen) atoms. The van der Waals surface area contributed by atoms with Crippen LogP contribution in [0.5, 0.6) is 11.5 Å². The maximum absolute atomic E-state index is 13.2. The van der Waals surface area contributed by atoms with Crippen LogP contribution in [0.15, 0.2) is 54.9 Å². The summed E-state index contributed by atoms with van der Waals surface area (Å²) in [7, 11) is 0. The molecule has 1 heterocycles. The van der Waals surface area contributed by atoms with Gasteiger partial charge in [0.2, 0.25) is 0 Å². The van der Waals surface area contributed by atoms with Crippen LogP contribution in [0.1, 0.15) is 23.6 Å². The summed E-state index contributed by atoms with van der Waals surface area (Å²) in [6.07, 6.45) is 3.56. The van der Waals surface area contributed by atoms with Crippen molar-refractivity contribution in [1.29, 1.82) is 0 Å². The first kappa shape index (κ1) is 21.4. The summed E-state index contributed by atoms with van der Waals surface area (Å²) in [5, 5.41) is 4.22. The fourth-order valence-corrected chi connectivity index (χ4v) is 3.17. The van der Waals surface area contributed by atoms with Crippen molar-refractivity contribution in [3.8, 4) is 11.5 Å². The fraction of sp³-hybridized carbons (Fsp3) is 0.227. The highest BCUT2D eigenvalue weighted by molar-refractivity contribution is 6.31. The molecule has 0 fully saturated rings. The van der Waals surface area contributed by atoms with Crippen LogP contribution in [0.4, 0.5) is 4.39 Å². The molecule has 0 aliphatic heterocycles. The van der Waals surface area contributed by atoms with Crippen molar-refractivity contribution in [2.24, 2.45) is 0 Å². The number of nitrogens with one attached hydrogen (secondary N) is 1. The minimum atomic E-state index is -0.389. The minimum absolute atomic E-state index is 0.175. The van der Waals surface area contributed by atoms with Crippen molar-refractivity contribution in [3.05, 3.63) is 87.4 Å². The zero-order valence-corrected chi connectivity index (χ0v) is 17.4. The third-order valence-electron chi connectivity index (χ3n) is 4.18. The van der Waals surface area contributed by atoms with E-state index in [-0.39, 0.29) is 12.4 Å². The van der Waals surface area contributed by atoms with Gasteiger partial charge in [0, 0.05) is 42.1 Å². The van der Waals surface area contributed by atoms with Gasteiger partial charge in [0.25, 0.3) is 0 Å². The zero-order chi connectivity index (χ0) is 20.6. The van der Waals surface area contributed by atoms with E-state index >= 15 is 0 Å². The van der Waals surface area contributed by atoms with E-state index in [1.165, 1.54) is 12.1 Å². The molecule has 4 nitrogen and oxygen atoms in total. The molecule has 2 aromatic carbocycles. The third-order valence-corrected chi connectivity index (χ3v) is 4.88. The van der Waals surface area contributed by atoms with Crippen molar-refractivity contribution in [2.45, 2.75) is 26.6 Å². The molecule has 1 aromatic heterocycles. The summed E-state index contributed by atoms with van der Waals surface area (Å²) in [4.78, 5) is 4.10. The van der Waals surface area contributed by atoms with Gasteiger partial charge in [0.05, 0.1) is 11.6 Å². The van der Waals surface area contributed by atoms with Crippen molar-refractivity contribution >= 4 is 23.2 Å². The van der Waals surface area contributed by atoms with Gasteiger partial charge in [-0.05, 0) is 42.3 Å². The summed E-state index contributed by atoms with van der Waals surface area (Å²) in [5.41, 5.74) is 2.66. The van der Waals surface area contributed by atoms with Gasteiger partial charge in [0.1, 0.15) is 12.4 Å². The van der Waals surface area contributed by atoms with Gasteiger partial charge in [-0.3, -0.25) is 4.98 Å². The molecule has 0 unspecified atom stereocenters. The van der Waals surface area contributed by atoms with E-state index in [0.29, 0.717) is 46.8 Å². The van der Waals surface area contributed by atoms with Gasteiger partial charge in [-0.1, -0.05) is 35.3 Å². The number of pyridine rings is 1. The van der Waals surface area contributed by atoms with E-state index in [2.05, 4.69) is 10.3 Å². The molecule has 0 bridgehead atoms. The molecule has 0 aliphatic rings. The number of hydrogen-bond donors (Lipinski definition) is 1. The summed E-state index contributed by atoms with van der Waals surface area (Å²) in [5.74, 6) is 0.710. The van der Waals surface area contributed by atoms with Crippen LogP contribution >= 0.6 is 23.2 Å². The smallest absolute Gasteiger partial charge is 0.163 e. The topological polar surface area (TPSA) is 43.4 Å². The van der Waals surface area contributed by atoms with Crippen LogP contribution in [0.2, 0.25) is 10.0 Å². The Hall–Kier alpha value is -2.34. The van der Waals surface area contributed by atoms with Crippen molar-refractivity contribution in [2.75, 3.05) is 6.61 Å². The predicted molar refractivity (Wildman–Crippen MR) is 113 cm³/mol. The van der Waals surface area contributed by atoms with Crippen LogP contribution in [0.3, 0.4) is 0 Å². The van der Waals surface area contributed by atoms with E-state index in [4.69, 9.17) is 32.7 Å². The second-order valence-corrected chi connectivity index (χ2v) is 7.13. The molecule has 0 amide bonds. The molecule has 3 aromatic rings. The highest BCUT2D eigenvalue weighted by atomic mass is 35.5. The number of aromatic nitrogens is 1. The van der Waals surface area contributed by atoms with Crippen LogP contribution < -0.4 is 14.8 Å². The molecular formula is C22H21Cl2FN2O2. The number of nitrogens with zero attached hydrogens (tertiary/aromatic N) is 1. The Kier molecular flexibility index (Phi) is 7.69. The maximum atomic E-state index is 13.2. The Bertz CT molecular complexity index is 955. The van der Waals surface area contributed by atoms with E-state index in [1.54, 1.807) is 18.3 Å². The predicted octanol–water partition coefficient (Wildman–Crippen LogP) is 5.80. The highest BCUT2D eigenvalue weighted by Gasteiger charge is 2.12. The van der Waals surface area contributed by atoms with Gasteiger partial charge in [-0.25, -0.2) is 4.39 Å². The second kappa shape index (κ2) is 10.4. The molecule has 0 saturated heterocycles. The highest BCUT2D eigenvalue weighted by Crippen LogP contribution is 2.34. The van der Waals surface area contributed by atoms with E-state index in [0.717, 1.165) is 11.1 Å². The van der Waals surface area contributed by atoms with Crippen LogP contribution in [-0.4, -0.2) is 11.6 Å². The van der Waals surface area contributed by atoms with Crippen LogP contribution in [0, 0.1) is 5.82 Å². The summed E-state index contributed by atoms with van der Waals surface area (Å²) >= 11 is 12.5. The summed E-state index contributed by atoms with van der Waals surface area (Å²) in [6.45, 7) is 3.80. The molecule has 152 valence electrons. The van der Waals surface area contributed by atoms with E-state index in [9.17, 15) is 4.39 Å². The van der Waals surface area contributed by atoms with Gasteiger partial charge < -0.3 is 14.8 Å². The molecule has 0 radical (unpaired) electrons. The number of rotatable bonds is 9. The molecular weight excluding hydrogens is 414 g/mol. The zero-order valence-electron chi connectivity index (χ0n) is 15.9. The Labute approximate surface area is 179 Å². The lowest BCUT2D eigenvalue weighted by molar-refractivity contribution is 0.269. The summed E-state index contributed by atoms with van der Waals surface area (Å²) < 4.78 is 24.8. The largest absolute Gasteiger partial charge is 0.490 e. The fourth-order valence-electron chi connectivity index (χ4n) is 2.73. The lowest BCUT2D eigenvalue weighted by Crippen LogP contribution is -2.13. The van der Waals surface area contributed by atoms with Gasteiger partial charge in [0.15, 0.2) is 11.5 Å². The van der Waals surface area contributed by atoms with Gasteiger partial charge >= 0.3 is 0 Å². The lowest BCUT2D eigenvalue weighted by Gasteiger charge is -2.16. The molecule has 0 atom stereocenters. The molecule has 0 saturated carbocycles. The Morgan fingerprint density at radius 3 is 2.48 bits per heavy atom. The van der Waals surface area contributed by atoms with Crippen LogP contribution in [0.25, 0.3) is 0 Å². The number of halogens is 3. The quantitative estimate of drug-likeness (QED) is 0.462. The first-order chi connectivity index (χ1) is 14.1. The van der Waals surface area contributed by atoms with Crippen molar-refractivity contribution < 1.29 is 13.9 Å². The van der Waals surface area contributed by atoms with Crippen LogP contribution in [-0.2, 0) is 19.7 Å². The standard InChI is InChI=1S/C22H21Cl2FN2O2/c1-2-28-21-8-17(13-27-12-15-4-3-7-26-11-15)20(24)10-22(21)29-14-16-5-6-18(25)9-19(16)23/h3-11,27H,2,12-14H2,1H3. The van der Waals surface area contributed by atoms with Gasteiger partial charge in [-0.2, -0.15) is 0 Å². The molecule has 3 rings (SSSR count). The first-order valence-corrected chi connectivity index (χ1v) is 9.94. The third kappa shape index (κ3) is 6.07. The lowest BCUT2D eigenvalue weighted by atomic mass is 10.2. The van der Waals surface area contributed by atoms with Crippen molar-refractivity contribution in [3.63, 3.8) is 0 Å². The summed E-state index contributed by atoms with van der Waals surface area (Å²) in [6, 6.07) is 11.7. The Morgan fingerprint density at radius 1 is 0.966 bits per heavy atom. The number of benzene rings is 2. The number of hydrogen-bond acceptors (Lipinski definition) is 4. The SMILES string of the molecule is CCOc1cc(CNCc2cccnc2)c(Cl)cc1OCc1ccc(F)cc1Cl. The first-order valence-electron chi connectivity index (χ1n) is 9.18. The molecule has 0 aliphatic carbocycles. The molecule has 0 spiro atoms. The van der Waals surface area contributed by atoms with Crippen molar-refractivity contribution in [1.82, 2.24) is 10.3 Å². The van der Waals surface area contributed by atoms with E-state index < -0.39 is 0 Å². The van der Waals surface area contributed by atoms with Gasteiger partial charge in [-0.15, -0.1) is 0 Å². The monoisotopic (exact) mass is 434 g/mol. The number of ether oxygens (including phenoxy) is 2. The Balaban J connectivity index is 1.69. The normalized spacial score (nSPS) is 10.8. The minimum Gasteiger partial charge on any atom is -0.490 e.